The highest BCUT2D eigenvalue weighted by molar-refractivity contribution is 5.99. The first-order chi connectivity index (χ1) is 10.5. The first kappa shape index (κ1) is 14.1. The molecule has 3 rings (SSSR count). The Morgan fingerprint density at radius 2 is 1.68 bits per heavy atom. The van der Waals surface area contributed by atoms with Crippen molar-refractivity contribution in [1.82, 2.24) is 0 Å². The molecule has 0 unspecified atom stereocenters. The number of benzene rings is 3. The highest BCUT2D eigenvalue weighted by Crippen LogP contribution is 2.36. The van der Waals surface area contributed by atoms with Gasteiger partial charge in [-0.15, -0.1) is 0 Å². The predicted molar refractivity (Wildman–Crippen MR) is 87.2 cm³/mol. The molecule has 0 saturated carbocycles. The fraction of sp³-hybridized carbons (Fsp3) is 0.111. The molecule has 4 heteroatoms. The smallest absolute Gasteiger partial charge is 0.269 e. The molecule has 22 heavy (non-hydrogen) atoms. The van der Waals surface area contributed by atoms with E-state index < -0.39 is 4.92 Å². The van der Waals surface area contributed by atoms with Gasteiger partial charge in [-0.1, -0.05) is 12.1 Å². The van der Waals surface area contributed by atoms with E-state index >= 15 is 0 Å². The second-order valence-corrected chi connectivity index (χ2v) is 5.40. The molecule has 0 saturated heterocycles. The van der Waals surface area contributed by atoms with Crippen LogP contribution in [-0.4, -0.2) is 10.0 Å². The first-order valence-electron chi connectivity index (χ1n) is 6.95. The van der Waals surface area contributed by atoms with Crippen molar-refractivity contribution in [2.75, 3.05) is 0 Å². The molecule has 110 valence electrons. The van der Waals surface area contributed by atoms with Gasteiger partial charge < -0.3 is 5.11 Å². The minimum atomic E-state index is -0.406. The summed E-state index contributed by atoms with van der Waals surface area (Å²) in [5.41, 5.74) is 4.22. The topological polar surface area (TPSA) is 63.4 Å². The van der Waals surface area contributed by atoms with E-state index in [1.807, 2.05) is 19.9 Å². The minimum Gasteiger partial charge on any atom is -0.508 e. The molecular formula is C18H15NO3. The molecule has 3 aromatic rings. The van der Waals surface area contributed by atoms with E-state index in [-0.39, 0.29) is 11.4 Å². The van der Waals surface area contributed by atoms with Gasteiger partial charge in [-0.3, -0.25) is 10.1 Å². The van der Waals surface area contributed by atoms with Crippen molar-refractivity contribution in [1.29, 1.82) is 0 Å². The summed E-state index contributed by atoms with van der Waals surface area (Å²) in [5, 5.41) is 22.6. The van der Waals surface area contributed by atoms with Gasteiger partial charge in [0.15, 0.2) is 0 Å². The average molecular weight is 293 g/mol. The maximum Gasteiger partial charge on any atom is 0.269 e. The Kier molecular flexibility index (Phi) is 3.29. The molecule has 0 aliphatic carbocycles. The standard InChI is InChI=1S/C18H15NO3/c1-11-9-14-5-8-16(20)10-17(14)18(12(11)2)13-3-6-15(7-4-13)19(21)22/h3-10,20H,1-2H3. The summed E-state index contributed by atoms with van der Waals surface area (Å²) in [6.45, 7) is 4.06. The number of hydrogen-bond acceptors (Lipinski definition) is 3. The number of hydrogen-bond donors (Lipinski definition) is 1. The van der Waals surface area contributed by atoms with E-state index in [0.29, 0.717) is 0 Å². The summed E-state index contributed by atoms with van der Waals surface area (Å²) in [5.74, 6) is 0.207. The Balaban J connectivity index is 2.30. The van der Waals surface area contributed by atoms with E-state index in [2.05, 4.69) is 6.07 Å². The zero-order valence-corrected chi connectivity index (χ0v) is 12.3. The highest BCUT2D eigenvalue weighted by atomic mass is 16.6. The van der Waals surface area contributed by atoms with Crippen LogP contribution in [0.2, 0.25) is 0 Å². The van der Waals surface area contributed by atoms with Gasteiger partial charge in [-0.25, -0.2) is 0 Å². The van der Waals surface area contributed by atoms with Crippen molar-refractivity contribution >= 4 is 16.5 Å². The molecule has 0 heterocycles. The van der Waals surface area contributed by atoms with Gasteiger partial charge in [-0.2, -0.15) is 0 Å². The predicted octanol–water partition coefficient (Wildman–Crippen LogP) is 4.74. The number of phenols is 1. The van der Waals surface area contributed by atoms with Gasteiger partial charge in [0.1, 0.15) is 5.75 Å². The zero-order valence-electron chi connectivity index (χ0n) is 12.3. The molecule has 0 radical (unpaired) electrons. The fourth-order valence-electron chi connectivity index (χ4n) is 2.75. The first-order valence-corrected chi connectivity index (χ1v) is 6.95. The SMILES string of the molecule is Cc1cc2ccc(O)cc2c(-c2ccc([N+](=O)[O-])cc2)c1C. The normalized spacial score (nSPS) is 10.8. The van der Waals surface area contributed by atoms with E-state index in [4.69, 9.17) is 0 Å². The number of fused-ring (bicyclic) bond motifs is 1. The molecule has 1 N–H and O–H groups in total. The van der Waals surface area contributed by atoms with Crippen molar-refractivity contribution in [3.05, 3.63) is 69.8 Å². The molecular weight excluding hydrogens is 278 g/mol. The van der Waals surface area contributed by atoms with Gasteiger partial charge in [-0.05, 0) is 71.1 Å². The van der Waals surface area contributed by atoms with Gasteiger partial charge in [0.05, 0.1) is 4.92 Å². The maximum atomic E-state index is 10.8. The third-order valence-electron chi connectivity index (χ3n) is 4.01. The number of aromatic hydroxyl groups is 1. The van der Waals surface area contributed by atoms with Gasteiger partial charge >= 0.3 is 0 Å². The van der Waals surface area contributed by atoms with Crippen LogP contribution in [0.25, 0.3) is 21.9 Å². The van der Waals surface area contributed by atoms with E-state index in [0.717, 1.165) is 33.0 Å². The van der Waals surface area contributed by atoms with Crippen LogP contribution in [0.3, 0.4) is 0 Å². The Labute approximate surface area is 127 Å². The molecule has 0 fully saturated rings. The lowest BCUT2D eigenvalue weighted by Crippen LogP contribution is -1.92. The van der Waals surface area contributed by atoms with E-state index in [1.165, 1.54) is 12.1 Å². The summed E-state index contributed by atoms with van der Waals surface area (Å²) >= 11 is 0. The maximum absolute atomic E-state index is 10.8. The highest BCUT2D eigenvalue weighted by Gasteiger charge is 2.12. The molecule has 0 aromatic heterocycles. The Hall–Kier alpha value is -2.88. The van der Waals surface area contributed by atoms with Crippen molar-refractivity contribution < 1.29 is 10.0 Å². The molecule has 0 atom stereocenters. The number of nitrogens with zero attached hydrogens (tertiary/aromatic N) is 1. The second-order valence-electron chi connectivity index (χ2n) is 5.40. The Morgan fingerprint density at radius 3 is 2.32 bits per heavy atom. The van der Waals surface area contributed by atoms with Crippen LogP contribution >= 0.6 is 0 Å². The fourth-order valence-corrected chi connectivity index (χ4v) is 2.75. The quantitative estimate of drug-likeness (QED) is 0.548. The lowest BCUT2D eigenvalue weighted by Gasteiger charge is -2.14. The number of rotatable bonds is 2. The van der Waals surface area contributed by atoms with Crippen molar-refractivity contribution in [2.24, 2.45) is 0 Å². The van der Waals surface area contributed by atoms with Crippen molar-refractivity contribution in [3.8, 4) is 16.9 Å². The van der Waals surface area contributed by atoms with Crippen LogP contribution in [0.5, 0.6) is 5.75 Å². The summed E-state index contributed by atoms with van der Waals surface area (Å²) in [7, 11) is 0. The molecule has 4 nitrogen and oxygen atoms in total. The number of nitro benzene ring substituents is 1. The number of non-ortho nitro benzene ring substituents is 1. The Morgan fingerprint density at radius 1 is 1.00 bits per heavy atom. The summed E-state index contributed by atoms with van der Waals surface area (Å²) in [6, 6.07) is 13.9. The molecule has 0 spiro atoms. The largest absolute Gasteiger partial charge is 0.508 e. The summed E-state index contributed by atoms with van der Waals surface area (Å²) < 4.78 is 0. The summed E-state index contributed by atoms with van der Waals surface area (Å²) in [6.07, 6.45) is 0. The lowest BCUT2D eigenvalue weighted by molar-refractivity contribution is -0.384. The molecule has 0 amide bonds. The minimum absolute atomic E-state index is 0.0706. The van der Waals surface area contributed by atoms with Crippen LogP contribution in [-0.2, 0) is 0 Å². The molecule has 0 bridgehead atoms. The average Bonchev–Trinajstić information content (AvgIpc) is 2.49. The molecule has 3 aromatic carbocycles. The van der Waals surface area contributed by atoms with Crippen molar-refractivity contribution in [2.45, 2.75) is 13.8 Å². The lowest BCUT2D eigenvalue weighted by atomic mass is 9.91. The number of nitro groups is 1. The third-order valence-corrected chi connectivity index (χ3v) is 4.01. The Bertz CT molecular complexity index is 883. The van der Waals surface area contributed by atoms with Gasteiger partial charge in [0.25, 0.3) is 5.69 Å². The number of aryl methyl sites for hydroxylation is 1. The molecule has 0 aliphatic rings. The van der Waals surface area contributed by atoms with Crippen LogP contribution in [0.15, 0.2) is 48.5 Å². The van der Waals surface area contributed by atoms with E-state index in [9.17, 15) is 15.2 Å². The van der Waals surface area contributed by atoms with Crippen LogP contribution in [0.1, 0.15) is 11.1 Å². The monoisotopic (exact) mass is 293 g/mol. The van der Waals surface area contributed by atoms with Crippen LogP contribution < -0.4 is 0 Å². The van der Waals surface area contributed by atoms with Crippen molar-refractivity contribution in [3.63, 3.8) is 0 Å². The van der Waals surface area contributed by atoms with Gasteiger partial charge in [0.2, 0.25) is 0 Å². The van der Waals surface area contributed by atoms with Crippen LogP contribution in [0.4, 0.5) is 5.69 Å². The summed E-state index contributed by atoms with van der Waals surface area (Å²) in [4.78, 5) is 10.4. The van der Waals surface area contributed by atoms with E-state index in [1.54, 1.807) is 24.3 Å². The zero-order chi connectivity index (χ0) is 15.9. The molecule has 0 aliphatic heterocycles. The van der Waals surface area contributed by atoms with Crippen LogP contribution in [0, 0.1) is 24.0 Å². The third kappa shape index (κ3) is 2.29. The van der Waals surface area contributed by atoms with Gasteiger partial charge in [0, 0.05) is 12.1 Å². The number of phenolic OH excluding ortho intramolecular Hbond substituents is 1. The second kappa shape index (κ2) is 5.15.